The Labute approximate surface area is 206 Å². The quantitative estimate of drug-likeness (QED) is 0.438. The lowest BCUT2D eigenvalue weighted by Crippen LogP contribution is -2.56. The summed E-state index contributed by atoms with van der Waals surface area (Å²) in [5.41, 5.74) is -3.97. The van der Waals surface area contributed by atoms with Gasteiger partial charge in [0.25, 0.3) is 5.60 Å². The van der Waals surface area contributed by atoms with E-state index in [4.69, 9.17) is 23.7 Å². The Morgan fingerprint density at radius 2 is 1.72 bits per heavy atom. The number of benzene rings is 2. The maximum absolute atomic E-state index is 14.4. The van der Waals surface area contributed by atoms with Gasteiger partial charge in [-0.1, -0.05) is 36.4 Å². The molecular weight excluding hydrogens is 479 g/mol. The van der Waals surface area contributed by atoms with Gasteiger partial charge in [-0.15, -0.1) is 0 Å². The molecule has 0 aliphatic carbocycles. The number of methoxy groups -OCH3 is 3. The average Bonchev–Trinajstić information content (AvgIpc) is 2.83. The Kier molecular flexibility index (Phi) is 6.51. The van der Waals surface area contributed by atoms with Gasteiger partial charge >= 0.3 is 12.1 Å². The lowest BCUT2D eigenvalue weighted by atomic mass is 9.89. The Hall–Kier alpha value is -3.53. The van der Waals surface area contributed by atoms with Gasteiger partial charge in [-0.3, -0.25) is 0 Å². The second-order valence-electron chi connectivity index (χ2n) is 8.84. The summed E-state index contributed by atoms with van der Waals surface area (Å²) in [6.45, 7) is 3.22. The average molecular weight is 505 g/mol. The smallest absolute Gasteiger partial charge is 0.432 e. The highest BCUT2D eigenvalue weighted by molar-refractivity contribution is 5.92. The van der Waals surface area contributed by atoms with Crippen molar-refractivity contribution >= 4 is 16.9 Å². The van der Waals surface area contributed by atoms with Crippen LogP contribution in [0.25, 0.3) is 10.9 Å². The number of nitrogens with zero attached hydrogens (tertiary/aromatic N) is 1. The van der Waals surface area contributed by atoms with Crippen molar-refractivity contribution in [3.8, 4) is 17.4 Å². The van der Waals surface area contributed by atoms with Gasteiger partial charge in [0.2, 0.25) is 5.88 Å². The normalized spacial score (nSPS) is 18.5. The zero-order chi connectivity index (χ0) is 26.3. The molecule has 192 valence electrons. The Morgan fingerprint density at radius 3 is 2.31 bits per heavy atom. The van der Waals surface area contributed by atoms with E-state index in [0.29, 0.717) is 28.0 Å². The van der Waals surface area contributed by atoms with Crippen LogP contribution in [0.4, 0.5) is 13.2 Å². The third-order valence-electron chi connectivity index (χ3n) is 6.36. The molecule has 0 bridgehead atoms. The highest BCUT2D eigenvalue weighted by Crippen LogP contribution is 2.46. The summed E-state index contributed by atoms with van der Waals surface area (Å²) in [6.07, 6.45) is -6.20. The summed E-state index contributed by atoms with van der Waals surface area (Å²) >= 11 is 0. The number of halogens is 3. The Balaban J connectivity index is 1.78. The molecular formula is C26H26F3NO6. The van der Waals surface area contributed by atoms with E-state index in [0.717, 1.165) is 7.11 Å². The van der Waals surface area contributed by atoms with E-state index in [9.17, 15) is 18.0 Å². The minimum Gasteiger partial charge on any atom is -0.496 e. The van der Waals surface area contributed by atoms with Crippen LogP contribution in [0.5, 0.6) is 17.4 Å². The molecule has 0 unspecified atom stereocenters. The largest absolute Gasteiger partial charge is 0.496 e. The predicted molar refractivity (Wildman–Crippen MR) is 124 cm³/mol. The number of hydrogen-bond acceptors (Lipinski definition) is 7. The summed E-state index contributed by atoms with van der Waals surface area (Å²) < 4.78 is 70.6. The Bertz CT molecular complexity index is 1280. The fourth-order valence-corrected chi connectivity index (χ4v) is 4.44. The number of carbonyl (C=O) groups is 1. The van der Waals surface area contributed by atoms with Crippen LogP contribution < -0.4 is 14.2 Å². The summed E-state index contributed by atoms with van der Waals surface area (Å²) in [4.78, 5) is 17.9. The molecule has 0 fully saturated rings. The molecule has 2 heterocycles. The van der Waals surface area contributed by atoms with Gasteiger partial charge in [0.05, 0.1) is 19.8 Å². The number of fused-ring (bicyclic) bond motifs is 2. The molecule has 2 atom stereocenters. The molecule has 0 N–H and O–H groups in total. The van der Waals surface area contributed by atoms with E-state index in [1.165, 1.54) is 38.5 Å². The molecule has 0 saturated heterocycles. The minimum absolute atomic E-state index is 0.00381. The summed E-state index contributed by atoms with van der Waals surface area (Å²) in [5.74, 6) is -0.468. The number of ether oxygens (including phenoxy) is 5. The zero-order valence-corrected chi connectivity index (χ0v) is 20.4. The monoisotopic (exact) mass is 505 g/mol. The van der Waals surface area contributed by atoms with Gasteiger partial charge in [0.15, 0.2) is 0 Å². The van der Waals surface area contributed by atoms with Gasteiger partial charge < -0.3 is 23.7 Å². The number of pyridine rings is 1. The lowest BCUT2D eigenvalue weighted by Gasteiger charge is -2.41. The first-order valence-corrected chi connectivity index (χ1v) is 11.1. The molecule has 0 spiro atoms. The van der Waals surface area contributed by atoms with Crippen LogP contribution in [0.15, 0.2) is 48.5 Å². The molecule has 7 nitrogen and oxygen atoms in total. The van der Waals surface area contributed by atoms with E-state index in [1.807, 2.05) is 0 Å². The van der Waals surface area contributed by atoms with Crippen molar-refractivity contribution in [3.63, 3.8) is 0 Å². The molecule has 0 saturated carbocycles. The van der Waals surface area contributed by atoms with E-state index in [1.54, 1.807) is 38.1 Å². The number of carbonyl (C=O) groups excluding carboxylic acids is 1. The minimum atomic E-state index is -5.09. The summed E-state index contributed by atoms with van der Waals surface area (Å²) in [6, 6.07) is 11.9. The number of esters is 1. The van der Waals surface area contributed by atoms with Crippen molar-refractivity contribution in [2.75, 3.05) is 21.3 Å². The fourth-order valence-electron chi connectivity index (χ4n) is 4.44. The van der Waals surface area contributed by atoms with Crippen molar-refractivity contribution in [1.82, 2.24) is 4.98 Å². The van der Waals surface area contributed by atoms with Crippen molar-refractivity contribution in [2.24, 2.45) is 0 Å². The van der Waals surface area contributed by atoms with Gasteiger partial charge in [-0.05, 0) is 26.0 Å². The maximum Gasteiger partial charge on any atom is 0.432 e. The van der Waals surface area contributed by atoms with Crippen molar-refractivity contribution in [2.45, 2.75) is 43.8 Å². The van der Waals surface area contributed by atoms with Crippen LogP contribution in [0.2, 0.25) is 0 Å². The molecule has 4 rings (SSSR count). The maximum atomic E-state index is 14.4. The van der Waals surface area contributed by atoms with Crippen molar-refractivity contribution in [3.05, 3.63) is 59.7 Å². The van der Waals surface area contributed by atoms with Gasteiger partial charge in [-0.2, -0.15) is 13.2 Å². The van der Waals surface area contributed by atoms with Gasteiger partial charge in [0.1, 0.15) is 28.7 Å². The first-order valence-electron chi connectivity index (χ1n) is 11.1. The first kappa shape index (κ1) is 25.6. The molecule has 3 aromatic rings. The number of para-hydroxylation sites is 1. The first-order chi connectivity index (χ1) is 17.0. The fraction of sp³-hybridized carbons (Fsp3) is 0.385. The van der Waals surface area contributed by atoms with Crippen LogP contribution >= 0.6 is 0 Å². The number of hydrogen-bond donors (Lipinski definition) is 0. The van der Waals surface area contributed by atoms with Crippen LogP contribution in [-0.2, 0) is 26.3 Å². The van der Waals surface area contributed by atoms with Gasteiger partial charge in [-0.25, -0.2) is 9.78 Å². The van der Waals surface area contributed by atoms with Gasteiger partial charge in [0, 0.05) is 24.5 Å². The molecule has 10 heteroatoms. The molecule has 36 heavy (non-hydrogen) atoms. The van der Waals surface area contributed by atoms with Crippen LogP contribution in [0.1, 0.15) is 25.0 Å². The molecule has 1 aromatic heterocycles. The van der Waals surface area contributed by atoms with Crippen molar-refractivity contribution in [1.29, 1.82) is 0 Å². The zero-order valence-electron chi connectivity index (χ0n) is 20.4. The molecule has 2 aromatic carbocycles. The molecule has 1 aliphatic rings. The van der Waals surface area contributed by atoms with E-state index >= 15 is 0 Å². The predicted octanol–water partition coefficient (Wildman–Crippen LogP) is 4.98. The molecule has 0 amide bonds. The second-order valence-corrected chi connectivity index (χ2v) is 8.84. The SMILES string of the molecule is COc1c2c(nc3c(OC)cccc13)OC(C)(C)[C@H](OC(=O)[C@](OC)(c1ccccc1)C(F)(F)F)C2. The third kappa shape index (κ3) is 3.99. The Morgan fingerprint density at radius 1 is 1.03 bits per heavy atom. The second kappa shape index (κ2) is 9.16. The van der Waals surface area contributed by atoms with E-state index in [2.05, 4.69) is 4.98 Å². The highest BCUT2D eigenvalue weighted by atomic mass is 19.4. The number of rotatable bonds is 6. The van der Waals surface area contributed by atoms with Crippen LogP contribution in [0, 0.1) is 0 Å². The van der Waals surface area contributed by atoms with E-state index in [-0.39, 0.29) is 12.3 Å². The number of aromatic nitrogens is 1. The van der Waals surface area contributed by atoms with Crippen LogP contribution in [-0.4, -0.2) is 50.2 Å². The molecule has 1 aliphatic heterocycles. The number of alkyl halides is 3. The highest BCUT2D eigenvalue weighted by Gasteiger charge is 2.65. The van der Waals surface area contributed by atoms with Crippen LogP contribution in [0.3, 0.4) is 0 Å². The topological polar surface area (TPSA) is 76.1 Å². The van der Waals surface area contributed by atoms with Crippen molar-refractivity contribution < 1.29 is 41.7 Å². The summed E-state index contributed by atoms with van der Waals surface area (Å²) in [5, 5.41) is 0.620. The standard InChI is InChI=1S/C26H26F3NO6/c1-24(2)19(35-23(31)25(34-5,26(27,28)29)15-10-7-6-8-11-15)14-17-21(33-4)16-12-9-13-18(32-3)20(16)30-22(17)36-24/h6-13,19H,14H2,1-5H3/t19-,25-/m1/s1. The summed E-state index contributed by atoms with van der Waals surface area (Å²) in [7, 11) is 3.80. The van der Waals surface area contributed by atoms with E-state index < -0.39 is 35.0 Å². The lowest BCUT2D eigenvalue weighted by molar-refractivity contribution is -0.280. The third-order valence-corrected chi connectivity index (χ3v) is 6.36. The molecule has 0 radical (unpaired) electrons.